The number of benzene rings is 1. The minimum atomic E-state index is 0.738. The Labute approximate surface area is 125 Å². The molecule has 0 heterocycles. The van der Waals surface area contributed by atoms with E-state index in [1.807, 2.05) is 6.07 Å². The Morgan fingerprint density at radius 1 is 0.850 bits per heavy atom. The van der Waals surface area contributed by atoms with E-state index in [1.54, 1.807) is 0 Å². The van der Waals surface area contributed by atoms with E-state index in [0.29, 0.717) is 0 Å². The molecule has 1 aromatic carbocycles. The Balaban J connectivity index is 1.84. The monoisotopic (exact) mass is 274 g/mol. The average molecular weight is 274 g/mol. The summed E-state index contributed by atoms with van der Waals surface area (Å²) in [6, 6.07) is 10.4. The molecule has 0 bridgehead atoms. The van der Waals surface area contributed by atoms with Crippen molar-refractivity contribution in [2.24, 2.45) is 0 Å². The number of hydrogen-bond donors (Lipinski definition) is 0. The van der Waals surface area contributed by atoms with Gasteiger partial charge in [-0.05, 0) is 31.2 Å². The van der Waals surface area contributed by atoms with Gasteiger partial charge in [0.1, 0.15) is 0 Å². The van der Waals surface area contributed by atoms with Crippen molar-refractivity contribution >= 4 is 0 Å². The fourth-order valence-electron chi connectivity index (χ4n) is 2.17. The van der Waals surface area contributed by atoms with Gasteiger partial charge in [-0.15, -0.1) is 0 Å². The Morgan fingerprint density at radius 2 is 1.55 bits per heavy atom. The van der Waals surface area contributed by atoms with Crippen LogP contribution in [0.25, 0.3) is 0 Å². The summed E-state index contributed by atoms with van der Waals surface area (Å²) in [6.07, 6.45) is 15.0. The van der Waals surface area contributed by atoms with Gasteiger partial charge in [-0.2, -0.15) is 0 Å². The summed E-state index contributed by atoms with van der Waals surface area (Å²) < 4.78 is 5.66. The van der Waals surface area contributed by atoms with E-state index in [9.17, 15) is 0 Å². The largest absolute Gasteiger partial charge is 0.377 e. The van der Waals surface area contributed by atoms with Gasteiger partial charge in [0.2, 0.25) is 0 Å². The SMILES string of the molecule is CCCCCCC/C=C\CCCOCc1ccccc1. The van der Waals surface area contributed by atoms with Gasteiger partial charge >= 0.3 is 0 Å². The Morgan fingerprint density at radius 3 is 2.30 bits per heavy atom. The van der Waals surface area contributed by atoms with E-state index in [1.165, 1.54) is 44.1 Å². The maximum Gasteiger partial charge on any atom is 0.0716 e. The number of rotatable bonds is 12. The summed E-state index contributed by atoms with van der Waals surface area (Å²) in [4.78, 5) is 0. The molecule has 0 aliphatic rings. The molecule has 1 aromatic rings. The Kier molecular flexibility index (Phi) is 11.0. The number of allylic oxidation sites excluding steroid dienone is 2. The van der Waals surface area contributed by atoms with Crippen LogP contribution in [0.3, 0.4) is 0 Å². The Hall–Kier alpha value is -1.08. The lowest BCUT2D eigenvalue weighted by molar-refractivity contribution is 0.119. The van der Waals surface area contributed by atoms with Crippen molar-refractivity contribution in [3.05, 3.63) is 48.0 Å². The van der Waals surface area contributed by atoms with Crippen molar-refractivity contribution in [3.63, 3.8) is 0 Å². The second kappa shape index (κ2) is 12.9. The molecule has 112 valence electrons. The highest BCUT2D eigenvalue weighted by Gasteiger charge is 1.91. The first-order valence-electron chi connectivity index (χ1n) is 8.20. The lowest BCUT2D eigenvalue weighted by atomic mass is 10.1. The van der Waals surface area contributed by atoms with Crippen molar-refractivity contribution < 1.29 is 4.74 Å². The van der Waals surface area contributed by atoms with Crippen LogP contribution in [0.2, 0.25) is 0 Å². The third kappa shape index (κ3) is 9.80. The van der Waals surface area contributed by atoms with Crippen molar-refractivity contribution in [2.75, 3.05) is 6.61 Å². The summed E-state index contributed by atoms with van der Waals surface area (Å²) in [5.41, 5.74) is 1.26. The molecule has 0 fully saturated rings. The molecule has 0 radical (unpaired) electrons. The molecule has 0 unspecified atom stereocenters. The van der Waals surface area contributed by atoms with Crippen LogP contribution < -0.4 is 0 Å². The highest BCUT2D eigenvalue weighted by Crippen LogP contribution is 2.06. The van der Waals surface area contributed by atoms with E-state index in [0.717, 1.165) is 26.1 Å². The third-order valence-electron chi connectivity index (χ3n) is 3.41. The molecule has 0 spiro atoms. The summed E-state index contributed by atoms with van der Waals surface area (Å²) in [6.45, 7) is 3.86. The van der Waals surface area contributed by atoms with Gasteiger partial charge in [0.25, 0.3) is 0 Å². The van der Waals surface area contributed by atoms with Gasteiger partial charge < -0.3 is 4.74 Å². The van der Waals surface area contributed by atoms with Crippen LogP contribution in [0.1, 0.15) is 63.9 Å². The molecule has 0 saturated heterocycles. The van der Waals surface area contributed by atoms with Gasteiger partial charge in [0, 0.05) is 6.61 Å². The first-order chi connectivity index (χ1) is 9.93. The van der Waals surface area contributed by atoms with Crippen molar-refractivity contribution in [1.29, 1.82) is 0 Å². The van der Waals surface area contributed by atoms with Gasteiger partial charge in [0.15, 0.2) is 0 Å². The molecule has 0 saturated carbocycles. The van der Waals surface area contributed by atoms with E-state index in [-0.39, 0.29) is 0 Å². The lowest BCUT2D eigenvalue weighted by Gasteiger charge is -2.02. The van der Waals surface area contributed by atoms with Crippen LogP contribution in [0.15, 0.2) is 42.5 Å². The minimum Gasteiger partial charge on any atom is -0.377 e. The van der Waals surface area contributed by atoms with Crippen LogP contribution in [0.4, 0.5) is 0 Å². The number of ether oxygens (including phenoxy) is 1. The number of unbranched alkanes of at least 4 members (excludes halogenated alkanes) is 6. The molecular weight excluding hydrogens is 244 g/mol. The second-order valence-corrected chi connectivity index (χ2v) is 5.35. The molecular formula is C19H30O. The van der Waals surface area contributed by atoms with Crippen molar-refractivity contribution in [1.82, 2.24) is 0 Å². The molecule has 0 amide bonds. The first kappa shape index (κ1) is 17.0. The van der Waals surface area contributed by atoms with Crippen LogP contribution in [-0.4, -0.2) is 6.61 Å². The molecule has 1 nitrogen and oxygen atoms in total. The topological polar surface area (TPSA) is 9.23 Å². The van der Waals surface area contributed by atoms with E-state index >= 15 is 0 Å². The summed E-state index contributed by atoms with van der Waals surface area (Å²) in [7, 11) is 0. The molecule has 0 aliphatic heterocycles. The molecule has 1 heteroatoms. The van der Waals surface area contributed by atoms with Crippen LogP contribution in [-0.2, 0) is 11.3 Å². The predicted molar refractivity (Wildman–Crippen MR) is 87.8 cm³/mol. The normalized spacial score (nSPS) is 11.2. The van der Waals surface area contributed by atoms with Gasteiger partial charge in [-0.25, -0.2) is 0 Å². The van der Waals surface area contributed by atoms with Gasteiger partial charge in [0.05, 0.1) is 6.61 Å². The van der Waals surface area contributed by atoms with Crippen molar-refractivity contribution in [3.8, 4) is 0 Å². The summed E-state index contributed by atoms with van der Waals surface area (Å²) in [5.74, 6) is 0. The second-order valence-electron chi connectivity index (χ2n) is 5.35. The standard InChI is InChI=1S/C19H30O/c1-2-3-4-5-6-7-8-9-10-14-17-20-18-19-15-12-11-13-16-19/h8-9,11-13,15-16H,2-7,10,14,17-18H2,1H3/b9-8-. The average Bonchev–Trinajstić information content (AvgIpc) is 2.49. The molecule has 0 N–H and O–H groups in total. The maximum atomic E-state index is 5.66. The molecule has 0 aromatic heterocycles. The molecule has 1 rings (SSSR count). The third-order valence-corrected chi connectivity index (χ3v) is 3.41. The zero-order chi connectivity index (χ0) is 14.3. The maximum absolute atomic E-state index is 5.66. The quantitative estimate of drug-likeness (QED) is 0.340. The predicted octanol–water partition coefficient (Wildman–Crippen LogP) is 5.90. The van der Waals surface area contributed by atoms with Crippen LogP contribution >= 0.6 is 0 Å². The van der Waals surface area contributed by atoms with Gasteiger partial charge in [-0.1, -0.05) is 75.1 Å². The first-order valence-corrected chi connectivity index (χ1v) is 8.20. The summed E-state index contributed by atoms with van der Waals surface area (Å²) in [5, 5.41) is 0. The van der Waals surface area contributed by atoms with Gasteiger partial charge in [-0.3, -0.25) is 0 Å². The number of hydrogen-bond acceptors (Lipinski definition) is 1. The molecule has 0 aliphatic carbocycles. The van der Waals surface area contributed by atoms with Crippen LogP contribution in [0, 0.1) is 0 Å². The Bertz CT molecular complexity index is 329. The zero-order valence-corrected chi connectivity index (χ0v) is 13.0. The van der Waals surface area contributed by atoms with E-state index in [2.05, 4.69) is 43.3 Å². The van der Waals surface area contributed by atoms with E-state index < -0.39 is 0 Å². The molecule has 0 atom stereocenters. The highest BCUT2D eigenvalue weighted by atomic mass is 16.5. The summed E-state index contributed by atoms with van der Waals surface area (Å²) >= 11 is 0. The van der Waals surface area contributed by atoms with Crippen molar-refractivity contribution in [2.45, 2.75) is 64.9 Å². The lowest BCUT2D eigenvalue weighted by Crippen LogP contribution is -1.94. The fourth-order valence-corrected chi connectivity index (χ4v) is 2.17. The smallest absolute Gasteiger partial charge is 0.0716 e. The zero-order valence-electron chi connectivity index (χ0n) is 13.0. The van der Waals surface area contributed by atoms with Crippen LogP contribution in [0.5, 0.6) is 0 Å². The van der Waals surface area contributed by atoms with E-state index in [4.69, 9.17) is 4.74 Å². The highest BCUT2D eigenvalue weighted by molar-refractivity contribution is 5.13. The minimum absolute atomic E-state index is 0.738. The fraction of sp³-hybridized carbons (Fsp3) is 0.579. The molecule has 20 heavy (non-hydrogen) atoms.